The zero-order valence-corrected chi connectivity index (χ0v) is 20.5. The molecule has 4 rings (SSSR count). The van der Waals surface area contributed by atoms with Gasteiger partial charge in [-0.1, -0.05) is 109 Å². The summed E-state index contributed by atoms with van der Waals surface area (Å²) in [6, 6.07) is 27.8. The molecule has 0 aliphatic heterocycles. The third kappa shape index (κ3) is 6.24. The van der Waals surface area contributed by atoms with Crippen molar-refractivity contribution in [1.82, 2.24) is 0 Å². The number of rotatable bonds is 7. The van der Waals surface area contributed by atoms with Crippen molar-refractivity contribution in [2.24, 2.45) is 0 Å². The summed E-state index contributed by atoms with van der Waals surface area (Å²) in [4.78, 5) is -0.290. The highest BCUT2D eigenvalue weighted by molar-refractivity contribution is 7.86. The number of hydrogen-bond acceptors (Lipinski definition) is 4. The van der Waals surface area contributed by atoms with E-state index in [0.717, 1.165) is 22.3 Å². The van der Waals surface area contributed by atoms with E-state index in [1.54, 1.807) is 60.7 Å². The molecule has 0 radical (unpaired) electrons. The van der Waals surface area contributed by atoms with Gasteiger partial charge in [0.25, 0.3) is 20.2 Å². The first-order valence-electron chi connectivity index (χ1n) is 10.8. The van der Waals surface area contributed by atoms with Crippen LogP contribution in [0, 0.1) is 0 Å². The molecule has 8 heteroatoms. The highest BCUT2D eigenvalue weighted by Gasteiger charge is 2.13. The zero-order chi connectivity index (χ0) is 25.8. The Bertz CT molecular complexity index is 1520. The van der Waals surface area contributed by atoms with Crippen LogP contribution in [0.3, 0.4) is 0 Å². The van der Waals surface area contributed by atoms with Crippen LogP contribution in [0.1, 0.15) is 22.3 Å². The molecule has 0 fully saturated rings. The third-order valence-corrected chi connectivity index (χ3v) is 7.31. The maximum absolute atomic E-state index is 11.5. The minimum absolute atomic E-state index is 0.145. The monoisotopic (exact) mass is 518 g/mol. The van der Waals surface area contributed by atoms with E-state index in [1.807, 2.05) is 48.5 Å². The lowest BCUT2D eigenvalue weighted by Crippen LogP contribution is -2.00. The average Bonchev–Trinajstić information content (AvgIpc) is 2.86. The van der Waals surface area contributed by atoms with Crippen molar-refractivity contribution in [2.75, 3.05) is 0 Å². The van der Waals surface area contributed by atoms with E-state index in [0.29, 0.717) is 11.1 Å². The SMILES string of the molecule is O=S(=O)(O)c1ccccc1C=Cc1ccc(-c2ccc(C=Cc3ccccc3S(=O)(=O)O)cc2)cc1. The average molecular weight is 519 g/mol. The minimum Gasteiger partial charge on any atom is -0.282 e. The lowest BCUT2D eigenvalue weighted by molar-refractivity contribution is 0.480. The predicted octanol–water partition coefficient (Wildman–Crippen LogP) is 6.19. The molecule has 0 heterocycles. The van der Waals surface area contributed by atoms with Gasteiger partial charge in [-0.15, -0.1) is 0 Å². The van der Waals surface area contributed by atoms with Crippen LogP contribution in [-0.2, 0) is 20.2 Å². The van der Waals surface area contributed by atoms with Crippen molar-refractivity contribution in [2.45, 2.75) is 9.79 Å². The van der Waals surface area contributed by atoms with Crippen molar-refractivity contribution in [3.05, 3.63) is 119 Å². The van der Waals surface area contributed by atoms with Gasteiger partial charge in [0.05, 0.1) is 0 Å². The van der Waals surface area contributed by atoms with Gasteiger partial charge >= 0.3 is 0 Å². The van der Waals surface area contributed by atoms with Crippen LogP contribution in [0.2, 0.25) is 0 Å². The molecule has 0 spiro atoms. The van der Waals surface area contributed by atoms with Gasteiger partial charge in [-0.3, -0.25) is 9.11 Å². The van der Waals surface area contributed by atoms with Gasteiger partial charge in [0.2, 0.25) is 0 Å². The molecule has 4 aromatic rings. The smallest absolute Gasteiger partial charge is 0.282 e. The molecule has 182 valence electrons. The molecule has 0 aromatic heterocycles. The Morgan fingerprint density at radius 1 is 0.444 bits per heavy atom. The molecule has 0 saturated heterocycles. The molecular formula is C28H22O6S2. The lowest BCUT2D eigenvalue weighted by Gasteiger charge is -2.05. The highest BCUT2D eigenvalue weighted by atomic mass is 32.2. The fraction of sp³-hybridized carbons (Fsp3) is 0. The molecule has 0 amide bonds. The van der Waals surface area contributed by atoms with Crippen molar-refractivity contribution in [3.8, 4) is 11.1 Å². The summed E-state index contributed by atoms with van der Waals surface area (Å²) in [5.41, 5.74) is 4.48. The molecule has 36 heavy (non-hydrogen) atoms. The summed E-state index contributed by atoms with van der Waals surface area (Å²) in [5.74, 6) is 0. The molecule has 0 aliphatic rings. The second-order valence-electron chi connectivity index (χ2n) is 7.94. The van der Waals surface area contributed by atoms with E-state index in [2.05, 4.69) is 0 Å². The summed E-state index contributed by atoms with van der Waals surface area (Å²) >= 11 is 0. The highest BCUT2D eigenvalue weighted by Crippen LogP contribution is 2.24. The van der Waals surface area contributed by atoms with Crippen LogP contribution in [0.25, 0.3) is 35.4 Å². The van der Waals surface area contributed by atoms with Crippen LogP contribution in [0.15, 0.2) is 107 Å². The van der Waals surface area contributed by atoms with Gasteiger partial charge in [-0.2, -0.15) is 16.8 Å². The van der Waals surface area contributed by atoms with E-state index >= 15 is 0 Å². The maximum Gasteiger partial charge on any atom is 0.295 e. The maximum atomic E-state index is 11.5. The summed E-state index contributed by atoms with van der Waals surface area (Å²) in [5, 5.41) is 0. The Morgan fingerprint density at radius 3 is 1.11 bits per heavy atom. The van der Waals surface area contributed by atoms with Crippen molar-refractivity contribution in [3.63, 3.8) is 0 Å². The summed E-state index contributed by atoms with van der Waals surface area (Å²) in [6.45, 7) is 0. The molecule has 0 aliphatic carbocycles. The largest absolute Gasteiger partial charge is 0.295 e. The van der Waals surface area contributed by atoms with Crippen LogP contribution >= 0.6 is 0 Å². The molecular weight excluding hydrogens is 496 g/mol. The third-order valence-electron chi connectivity index (χ3n) is 5.46. The number of hydrogen-bond donors (Lipinski definition) is 2. The van der Waals surface area contributed by atoms with Gasteiger partial charge in [0.15, 0.2) is 0 Å². The molecule has 6 nitrogen and oxygen atoms in total. The fourth-order valence-electron chi connectivity index (χ4n) is 3.65. The molecule has 0 bridgehead atoms. The first-order chi connectivity index (χ1) is 17.1. The lowest BCUT2D eigenvalue weighted by atomic mass is 10.0. The van der Waals surface area contributed by atoms with Crippen molar-refractivity contribution >= 4 is 44.5 Å². The second kappa shape index (κ2) is 10.4. The standard InChI is InChI=1S/C28H22O6S2/c29-35(30,31)27-7-3-1-5-25(27)19-13-21-9-15-23(16-10-21)24-17-11-22(12-18-24)14-20-26-6-2-4-8-28(26)36(32,33)34/h1-20H,(H,29,30,31)(H,32,33,34). The van der Waals surface area contributed by atoms with Gasteiger partial charge in [0.1, 0.15) is 9.79 Å². The van der Waals surface area contributed by atoms with Gasteiger partial charge in [0, 0.05) is 0 Å². The number of benzene rings is 4. The van der Waals surface area contributed by atoms with Gasteiger partial charge in [-0.25, -0.2) is 0 Å². The van der Waals surface area contributed by atoms with Crippen LogP contribution in [0.5, 0.6) is 0 Å². The Balaban J connectivity index is 1.49. The minimum atomic E-state index is -4.31. The van der Waals surface area contributed by atoms with Crippen molar-refractivity contribution < 1.29 is 25.9 Å². The Hall–Kier alpha value is -3.82. The summed E-state index contributed by atoms with van der Waals surface area (Å²) in [6.07, 6.45) is 6.82. The Kier molecular flexibility index (Phi) is 7.32. The molecule has 0 saturated carbocycles. The van der Waals surface area contributed by atoms with E-state index in [4.69, 9.17) is 0 Å². The van der Waals surface area contributed by atoms with E-state index in [1.165, 1.54) is 12.1 Å². The van der Waals surface area contributed by atoms with Crippen LogP contribution < -0.4 is 0 Å². The normalized spacial score (nSPS) is 12.4. The Morgan fingerprint density at radius 2 is 0.778 bits per heavy atom. The summed E-state index contributed by atoms with van der Waals surface area (Å²) in [7, 11) is -8.61. The first kappa shape index (κ1) is 25.3. The molecule has 2 N–H and O–H groups in total. The second-order valence-corrected chi connectivity index (χ2v) is 10.7. The Labute approximate surface area is 210 Å². The predicted molar refractivity (Wildman–Crippen MR) is 142 cm³/mol. The molecule has 4 aromatic carbocycles. The summed E-state index contributed by atoms with van der Waals surface area (Å²) < 4.78 is 64.9. The van der Waals surface area contributed by atoms with E-state index < -0.39 is 20.2 Å². The first-order valence-corrected chi connectivity index (χ1v) is 13.7. The zero-order valence-electron chi connectivity index (χ0n) is 18.9. The van der Waals surface area contributed by atoms with Crippen LogP contribution in [-0.4, -0.2) is 25.9 Å². The van der Waals surface area contributed by atoms with Crippen molar-refractivity contribution in [1.29, 1.82) is 0 Å². The van der Waals surface area contributed by atoms with Crippen LogP contribution in [0.4, 0.5) is 0 Å². The quantitative estimate of drug-likeness (QED) is 0.223. The molecule has 0 unspecified atom stereocenters. The van der Waals surface area contributed by atoms with E-state index in [-0.39, 0.29) is 9.79 Å². The fourth-order valence-corrected chi connectivity index (χ4v) is 5.02. The van der Waals surface area contributed by atoms with E-state index in [9.17, 15) is 25.9 Å². The molecule has 0 atom stereocenters. The van der Waals surface area contributed by atoms with Gasteiger partial charge in [-0.05, 0) is 45.5 Å². The topological polar surface area (TPSA) is 109 Å². The van der Waals surface area contributed by atoms with Gasteiger partial charge < -0.3 is 0 Å².